The molecule has 5 N–H and O–H groups in total. The van der Waals surface area contributed by atoms with E-state index in [1.807, 2.05) is 0 Å². The number of hydrogen-bond acceptors (Lipinski definition) is 6. The molecule has 0 heterocycles. The first-order chi connectivity index (χ1) is 12.6. The Morgan fingerprint density at radius 1 is 1.07 bits per heavy atom. The van der Waals surface area contributed by atoms with E-state index >= 15 is 0 Å². The predicted octanol–water partition coefficient (Wildman–Crippen LogP) is 0.112. The molecule has 0 aliphatic carbocycles. The lowest BCUT2D eigenvalue weighted by Crippen LogP contribution is -2.45. The summed E-state index contributed by atoms with van der Waals surface area (Å²) >= 11 is 0. The number of carbonyl (C=O) groups is 3. The number of amides is 3. The van der Waals surface area contributed by atoms with E-state index in [4.69, 9.17) is 10.9 Å². The number of nitrogens with two attached hydrogens (primary N) is 2. The molecule has 0 fully saturated rings. The van der Waals surface area contributed by atoms with Gasteiger partial charge in [-0.2, -0.15) is 0 Å². The Bertz CT molecular complexity index is 987. The number of rotatable bonds is 4. The number of benzene rings is 2. The molecule has 0 radical (unpaired) electrons. The summed E-state index contributed by atoms with van der Waals surface area (Å²) in [4.78, 5) is 37.0. The number of hydrogen-bond donors (Lipinski definition) is 3. The molecule has 0 atom stereocenters. The lowest BCUT2D eigenvalue weighted by molar-refractivity contribution is -0.139. The molecular formula is C17H18N4O5S. The van der Waals surface area contributed by atoms with Gasteiger partial charge >= 0.3 is 11.8 Å². The fourth-order valence-corrected chi connectivity index (χ4v) is 2.78. The number of nitrogen functional groups attached to an aromatic ring is 1. The fraction of sp³-hybridized carbons (Fsp3) is 0.118. The molecule has 0 saturated carbocycles. The summed E-state index contributed by atoms with van der Waals surface area (Å²) in [7, 11) is -3.82. The molecule has 142 valence electrons. The largest absolute Gasteiger partial charge is 0.399 e. The van der Waals surface area contributed by atoms with E-state index in [1.54, 1.807) is 12.1 Å². The van der Waals surface area contributed by atoms with E-state index < -0.39 is 27.7 Å². The zero-order chi connectivity index (χ0) is 20.2. The van der Waals surface area contributed by atoms with Gasteiger partial charge in [0.25, 0.3) is 0 Å². The Kier molecular flexibility index (Phi) is 5.93. The van der Waals surface area contributed by atoms with Crippen LogP contribution in [-0.2, 0) is 31.0 Å². The van der Waals surface area contributed by atoms with Gasteiger partial charge in [0.2, 0.25) is 15.9 Å². The summed E-state index contributed by atoms with van der Waals surface area (Å²) in [6.45, 7) is 1.11. The third-order valence-corrected chi connectivity index (χ3v) is 4.47. The molecule has 0 aliphatic rings. The first kappa shape index (κ1) is 20.1. The summed E-state index contributed by atoms with van der Waals surface area (Å²) in [6, 6.07) is 11.5. The molecule has 0 aromatic heterocycles. The number of carbonyl (C=O) groups excluding carboxylic acids is 3. The van der Waals surface area contributed by atoms with Crippen LogP contribution in [0, 0.1) is 0 Å². The average Bonchev–Trinajstić information content (AvgIpc) is 2.59. The molecule has 9 nitrogen and oxygen atoms in total. The smallest absolute Gasteiger partial charge is 0.323 e. The zero-order valence-electron chi connectivity index (χ0n) is 14.4. The second-order valence-corrected chi connectivity index (χ2v) is 7.19. The Hall–Kier alpha value is -3.24. The highest BCUT2D eigenvalue weighted by Gasteiger charge is 2.26. The van der Waals surface area contributed by atoms with E-state index in [2.05, 4.69) is 5.32 Å². The van der Waals surface area contributed by atoms with Crippen molar-refractivity contribution in [3.63, 3.8) is 0 Å². The van der Waals surface area contributed by atoms with Gasteiger partial charge in [-0.3, -0.25) is 14.4 Å². The molecule has 2 aromatic rings. The molecule has 10 heteroatoms. The van der Waals surface area contributed by atoms with Gasteiger partial charge in [0.15, 0.2) is 0 Å². The maximum atomic E-state index is 12.4. The van der Waals surface area contributed by atoms with Crippen LogP contribution in [0.3, 0.4) is 0 Å². The van der Waals surface area contributed by atoms with Crippen LogP contribution < -0.4 is 21.1 Å². The first-order valence-electron chi connectivity index (χ1n) is 7.69. The van der Waals surface area contributed by atoms with Crippen LogP contribution in [0.4, 0.5) is 11.4 Å². The highest BCUT2D eigenvalue weighted by Crippen LogP contribution is 2.18. The van der Waals surface area contributed by atoms with Gasteiger partial charge in [-0.25, -0.2) is 18.5 Å². The minimum atomic E-state index is -3.82. The summed E-state index contributed by atoms with van der Waals surface area (Å²) in [5.74, 6) is -2.70. The van der Waals surface area contributed by atoms with Gasteiger partial charge in [-0.15, -0.1) is 0 Å². The van der Waals surface area contributed by atoms with Crippen LogP contribution in [0.25, 0.3) is 0 Å². The van der Waals surface area contributed by atoms with E-state index in [0.717, 1.165) is 11.8 Å². The highest BCUT2D eigenvalue weighted by molar-refractivity contribution is 7.89. The molecule has 2 rings (SSSR count). The number of primary sulfonamides is 1. The Morgan fingerprint density at radius 2 is 1.70 bits per heavy atom. The minimum absolute atomic E-state index is 0.0435. The number of nitrogens with one attached hydrogen (secondary N) is 1. The lowest BCUT2D eigenvalue weighted by atomic mass is 10.2. The van der Waals surface area contributed by atoms with Crippen molar-refractivity contribution >= 4 is 39.1 Å². The van der Waals surface area contributed by atoms with Crippen LogP contribution in [0.1, 0.15) is 12.5 Å². The Balaban J connectivity index is 2.09. The van der Waals surface area contributed by atoms with Gasteiger partial charge in [-0.1, -0.05) is 18.2 Å². The lowest BCUT2D eigenvalue weighted by Gasteiger charge is -2.19. The van der Waals surface area contributed by atoms with Crippen LogP contribution in [0.15, 0.2) is 53.4 Å². The van der Waals surface area contributed by atoms with Crippen molar-refractivity contribution in [2.45, 2.75) is 18.4 Å². The summed E-state index contributed by atoms with van der Waals surface area (Å²) in [6.07, 6.45) is 0. The Labute approximate surface area is 156 Å². The van der Waals surface area contributed by atoms with E-state index in [1.165, 1.54) is 36.4 Å². The second-order valence-electron chi connectivity index (χ2n) is 5.63. The van der Waals surface area contributed by atoms with Crippen molar-refractivity contribution in [3.05, 3.63) is 54.1 Å². The van der Waals surface area contributed by atoms with Gasteiger partial charge in [-0.05, 0) is 35.9 Å². The third-order valence-electron chi connectivity index (χ3n) is 3.55. The molecule has 0 saturated heterocycles. The standard InChI is InChI=1S/C17H18N4O5S/c1-11(22)21(14-4-2-3-13(18)9-14)17(24)16(23)20-10-12-5-7-15(8-6-12)27(19,25)26/h2-9H,10,18H2,1H3,(H,20,23)(H2,19,25,26). The van der Waals surface area contributed by atoms with E-state index in [9.17, 15) is 22.8 Å². The molecular weight excluding hydrogens is 372 g/mol. The Morgan fingerprint density at radius 3 is 2.22 bits per heavy atom. The van der Waals surface area contributed by atoms with Crippen molar-refractivity contribution in [3.8, 4) is 0 Å². The van der Waals surface area contributed by atoms with Crippen LogP contribution in [0.5, 0.6) is 0 Å². The number of anilines is 2. The second kappa shape index (κ2) is 7.98. The van der Waals surface area contributed by atoms with E-state index in [0.29, 0.717) is 11.3 Å². The molecule has 0 bridgehead atoms. The molecule has 0 aliphatic heterocycles. The maximum absolute atomic E-state index is 12.4. The minimum Gasteiger partial charge on any atom is -0.399 e. The average molecular weight is 390 g/mol. The number of nitrogens with zero attached hydrogens (tertiary/aromatic N) is 1. The molecule has 27 heavy (non-hydrogen) atoms. The topological polar surface area (TPSA) is 153 Å². The third kappa shape index (κ3) is 5.12. The summed E-state index contributed by atoms with van der Waals surface area (Å²) in [5.41, 5.74) is 6.71. The molecule has 0 unspecified atom stereocenters. The monoisotopic (exact) mass is 390 g/mol. The molecule has 0 spiro atoms. The summed E-state index contributed by atoms with van der Waals surface area (Å²) in [5, 5.41) is 7.39. The summed E-state index contributed by atoms with van der Waals surface area (Å²) < 4.78 is 22.4. The van der Waals surface area contributed by atoms with Gasteiger partial charge in [0.1, 0.15) is 0 Å². The number of sulfonamides is 1. The van der Waals surface area contributed by atoms with Crippen LogP contribution >= 0.6 is 0 Å². The predicted molar refractivity (Wildman–Crippen MR) is 98.7 cm³/mol. The fourth-order valence-electron chi connectivity index (χ4n) is 2.26. The highest BCUT2D eigenvalue weighted by atomic mass is 32.2. The maximum Gasteiger partial charge on any atom is 0.323 e. The first-order valence-corrected chi connectivity index (χ1v) is 9.24. The number of imide groups is 1. The van der Waals surface area contributed by atoms with Crippen molar-refractivity contribution in [2.75, 3.05) is 10.6 Å². The SMILES string of the molecule is CC(=O)N(C(=O)C(=O)NCc1ccc(S(N)(=O)=O)cc1)c1cccc(N)c1. The van der Waals surface area contributed by atoms with Crippen molar-refractivity contribution in [1.29, 1.82) is 0 Å². The van der Waals surface area contributed by atoms with Crippen molar-refractivity contribution in [1.82, 2.24) is 5.32 Å². The van der Waals surface area contributed by atoms with Crippen molar-refractivity contribution in [2.24, 2.45) is 5.14 Å². The zero-order valence-corrected chi connectivity index (χ0v) is 15.2. The van der Waals surface area contributed by atoms with Crippen molar-refractivity contribution < 1.29 is 22.8 Å². The van der Waals surface area contributed by atoms with Crippen LogP contribution in [-0.4, -0.2) is 26.1 Å². The quantitative estimate of drug-likeness (QED) is 0.498. The van der Waals surface area contributed by atoms with Gasteiger partial charge in [0, 0.05) is 19.2 Å². The van der Waals surface area contributed by atoms with Gasteiger partial charge < -0.3 is 11.1 Å². The normalized spacial score (nSPS) is 10.9. The van der Waals surface area contributed by atoms with E-state index in [-0.39, 0.29) is 17.1 Å². The van der Waals surface area contributed by atoms with Crippen LogP contribution in [0.2, 0.25) is 0 Å². The molecule has 2 aromatic carbocycles. The molecule has 3 amide bonds. The van der Waals surface area contributed by atoms with Gasteiger partial charge in [0.05, 0.1) is 10.6 Å².